The summed E-state index contributed by atoms with van der Waals surface area (Å²) in [6.07, 6.45) is 0.824. The molecule has 1 aromatic heterocycles. The van der Waals surface area contributed by atoms with Crippen LogP contribution in [-0.4, -0.2) is 34.2 Å². The highest BCUT2D eigenvalue weighted by atomic mass is 32.1. The van der Waals surface area contributed by atoms with Crippen molar-refractivity contribution in [2.45, 2.75) is 39.4 Å². The first kappa shape index (κ1) is 18.5. The minimum absolute atomic E-state index is 0.0683. The van der Waals surface area contributed by atoms with Crippen LogP contribution in [0.5, 0.6) is 0 Å². The molecule has 7 heteroatoms. The number of amides is 1. The van der Waals surface area contributed by atoms with Crippen LogP contribution in [0.1, 0.15) is 41.2 Å². The first-order chi connectivity index (χ1) is 12.5. The molecule has 2 heterocycles. The Bertz CT molecular complexity index is 790. The lowest BCUT2D eigenvalue weighted by molar-refractivity contribution is -0.134. The maximum atomic E-state index is 12.6. The molecule has 1 aliphatic rings. The highest BCUT2D eigenvalue weighted by Crippen LogP contribution is 2.29. The van der Waals surface area contributed by atoms with E-state index in [1.165, 1.54) is 16.2 Å². The molecule has 0 radical (unpaired) electrons. The van der Waals surface area contributed by atoms with E-state index in [0.29, 0.717) is 28.8 Å². The SMILES string of the molecule is CC[C@H](C)[C@H](N)C(=O)N1CC(=O)c2sc(NCc3ccccc3)nc2C1. The van der Waals surface area contributed by atoms with Crippen LogP contribution in [0, 0.1) is 5.92 Å². The molecule has 0 unspecified atom stereocenters. The number of rotatable bonds is 6. The summed E-state index contributed by atoms with van der Waals surface area (Å²) in [5.74, 6) is -0.163. The fourth-order valence-electron chi connectivity index (χ4n) is 2.87. The number of hydrogen-bond acceptors (Lipinski definition) is 6. The van der Waals surface area contributed by atoms with E-state index >= 15 is 0 Å². The quantitative estimate of drug-likeness (QED) is 0.814. The van der Waals surface area contributed by atoms with E-state index in [-0.39, 0.29) is 24.2 Å². The molecule has 6 nitrogen and oxygen atoms in total. The van der Waals surface area contributed by atoms with Crippen LogP contribution in [0.3, 0.4) is 0 Å². The van der Waals surface area contributed by atoms with Crippen LogP contribution >= 0.6 is 11.3 Å². The van der Waals surface area contributed by atoms with Crippen LogP contribution in [0.2, 0.25) is 0 Å². The molecule has 3 N–H and O–H groups in total. The third kappa shape index (κ3) is 3.94. The van der Waals surface area contributed by atoms with Crippen LogP contribution in [0.15, 0.2) is 30.3 Å². The molecule has 3 rings (SSSR count). The fourth-order valence-corrected chi connectivity index (χ4v) is 3.77. The Labute approximate surface area is 157 Å². The molecule has 1 aromatic carbocycles. The van der Waals surface area contributed by atoms with Crippen molar-refractivity contribution < 1.29 is 9.59 Å². The molecule has 0 aliphatic carbocycles. The summed E-state index contributed by atoms with van der Waals surface area (Å²) < 4.78 is 0. The number of nitrogens with two attached hydrogens (primary N) is 1. The predicted octanol–water partition coefficient (Wildman–Crippen LogP) is 2.65. The van der Waals surface area contributed by atoms with Crippen LogP contribution in [0.25, 0.3) is 0 Å². The summed E-state index contributed by atoms with van der Waals surface area (Å²) in [5, 5.41) is 3.96. The summed E-state index contributed by atoms with van der Waals surface area (Å²) in [4.78, 5) is 31.7. The molecule has 0 saturated carbocycles. The first-order valence-corrected chi connectivity index (χ1v) is 9.66. The van der Waals surface area contributed by atoms with Crippen LogP contribution in [-0.2, 0) is 17.9 Å². The second kappa shape index (κ2) is 7.97. The van der Waals surface area contributed by atoms with E-state index in [4.69, 9.17) is 5.73 Å². The van der Waals surface area contributed by atoms with Crippen molar-refractivity contribution in [3.63, 3.8) is 0 Å². The maximum Gasteiger partial charge on any atom is 0.240 e. The van der Waals surface area contributed by atoms with E-state index in [2.05, 4.69) is 10.3 Å². The fraction of sp³-hybridized carbons (Fsp3) is 0.421. The van der Waals surface area contributed by atoms with Gasteiger partial charge in [0.25, 0.3) is 0 Å². The van der Waals surface area contributed by atoms with Crippen molar-refractivity contribution in [1.82, 2.24) is 9.88 Å². The summed E-state index contributed by atoms with van der Waals surface area (Å²) in [6, 6.07) is 9.42. The van der Waals surface area contributed by atoms with Gasteiger partial charge in [-0.1, -0.05) is 61.9 Å². The standard InChI is InChI=1S/C19H24N4O2S/c1-3-12(2)16(20)18(25)23-10-14-17(15(24)11-23)26-19(22-14)21-9-13-7-5-4-6-8-13/h4-8,12,16H,3,9-11,20H2,1-2H3,(H,21,22)/t12-,16-/m0/s1. The van der Waals surface area contributed by atoms with Gasteiger partial charge in [-0.15, -0.1) is 0 Å². The Kier molecular flexibility index (Phi) is 5.68. The van der Waals surface area contributed by atoms with Gasteiger partial charge in [0.15, 0.2) is 10.9 Å². The molecule has 0 spiro atoms. The number of benzene rings is 1. The first-order valence-electron chi connectivity index (χ1n) is 8.84. The highest BCUT2D eigenvalue weighted by molar-refractivity contribution is 7.17. The molecule has 0 saturated heterocycles. The Morgan fingerprint density at radius 1 is 1.35 bits per heavy atom. The van der Waals surface area contributed by atoms with Crippen molar-refractivity contribution in [3.05, 3.63) is 46.5 Å². The zero-order chi connectivity index (χ0) is 18.7. The van der Waals surface area contributed by atoms with E-state index in [0.717, 1.165) is 12.0 Å². The number of anilines is 1. The van der Waals surface area contributed by atoms with Crippen molar-refractivity contribution in [1.29, 1.82) is 0 Å². The van der Waals surface area contributed by atoms with Gasteiger partial charge in [0, 0.05) is 6.54 Å². The molecule has 1 aliphatic heterocycles. The molecular weight excluding hydrogens is 348 g/mol. The Hall–Kier alpha value is -2.25. The Morgan fingerprint density at radius 2 is 2.08 bits per heavy atom. The van der Waals surface area contributed by atoms with Gasteiger partial charge in [0.2, 0.25) is 5.91 Å². The van der Waals surface area contributed by atoms with Gasteiger partial charge in [-0.25, -0.2) is 4.98 Å². The summed E-state index contributed by atoms with van der Waals surface area (Å²) in [7, 11) is 0. The number of thiazole rings is 1. The van der Waals surface area contributed by atoms with Gasteiger partial charge in [-0.05, 0) is 11.5 Å². The van der Waals surface area contributed by atoms with E-state index in [9.17, 15) is 9.59 Å². The average Bonchev–Trinajstić information content (AvgIpc) is 3.09. The monoisotopic (exact) mass is 372 g/mol. The zero-order valence-electron chi connectivity index (χ0n) is 15.1. The second-order valence-electron chi connectivity index (χ2n) is 6.66. The minimum Gasteiger partial charge on any atom is -0.357 e. The number of aromatic nitrogens is 1. The number of hydrogen-bond donors (Lipinski definition) is 2. The van der Waals surface area contributed by atoms with E-state index in [1.807, 2.05) is 44.2 Å². The van der Waals surface area contributed by atoms with Crippen molar-refractivity contribution in [2.24, 2.45) is 11.7 Å². The maximum absolute atomic E-state index is 12.6. The van der Waals surface area contributed by atoms with Gasteiger partial charge < -0.3 is 16.0 Å². The molecule has 138 valence electrons. The van der Waals surface area contributed by atoms with Gasteiger partial charge >= 0.3 is 0 Å². The van der Waals surface area contributed by atoms with Crippen LogP contribution in [0.4, 0.5) is 5.13 Å². The Morgan fingerprint density at radius 3 is 2.77 bits per heavy atom. The normalized spacial score (nSPS) is 16.1. The summed E-state index contributed by atoms with van der Waals surface area (Å²) >= 11 is 1.35. The minimum atomic E-state index is -0.580. The molecule has 2 atom stereocenters. The third-order valence-corrected chi connectivity index (χ3v) is 5.86. The lowest BCUT2D eigenvalue weighted by atomic mass is 9.98. The predicted molar refractivity (Wildman–Crippen MR) is 103 cm³/mol. The topological polar surface area (TPSA) is 88.3 Å². The molecule has 26 heavy (non-hydrogen) atoms. The van der Waals surface area contributed by atoms with Gasteiger partial charge in [0.1, 0.15) is 0 Å². The number of fused-ring (bicyclic) bond motifs is 1. The van der Waals surface area contributed by atoms with Gasteiger partial charge in [-0.3, -0.25) is 9.59 Å². The zero-order valence-corrected chi connectivity index (χ0v) is 15.9. The Balaban J connectivity index is 1.69. The summed E-state index contributed by atoms with van der Waals surface area (Å²) in [6.45, 7) is 5.02. The summed E-state index contributed by atoms with van der Waals surface area (Å²) in [5.41, 5.74) is 7.85. The number of carbonyl (C=O) groups excluding carboxylic acids is 2. The molecule has 1 amide bonds. The average molecular weight is 372 g/mol. The lowest BCUT2D eigenvalue weighted by Gasteiger charge is -2.29. The van der Waals surface area contributed by atoms with Crippen LogP contribution < -0.4 is 11.1 Å². The van der Waals surface area contributed by atoms with Crippen molar-refractivity contribution >= 4 is 28.2 Å². The van der Waals surface area contributed by atoms with E-state index in [1.54, 1.807) is 0 Å². The second-order valence-corrected chi connectivity index (χ2v) is 7.66. The molecule has 0 fully saturated rings. The third-order valence-electron chi connectivity index (χ3n) is 4.77. The van der Waals surface area contributed by atoms with E-state index < -0.39 is 6.04 Å². The van der Waals surface area contributed by atoms with Gasteiger partial charge in [-0.2, -0.15) is 0 Å². The smallest absolute Gasteiger partial charge is 0.240 e. The largest absolute Gasteiger partial charge is 0.357 e. The number of nitrogens with zero attached hydrogens (tertiary/aromatic N) is 2. The number of ketones is 1. The van der Waals surface area contributed by atoms with Crippen molar-refractivity contribution in [2.75, 3.05) is 11.9 Å². The lowest BCUT2D eigenvalue weighted by Crippen LogP contribution is -2.49. The number of Topliss-reactive ketones (excluding diaryl/α,β-unsaturated/α-hetero) is 1. The molecular formula is C19H24N4O2S. The molecule has 0 bridgehead atoms. The highest BCUT2D eigenvalue weighted by Gasteiger charge is 2.33. The number of carbonyl (C=O) groups is 2. The van der Waals surface area contributed by atoms with Crippen molar-refractivity contribution in [3.8, 4) is 0 Å². The number of nitrogens with one attached hydrogen (secondary N) is 1. The van der Waals surface area contributed by atoms with Gasteiger partial charge in [0.05, 0.1) is 29.7 Å². The molecule has 2 aromatic rings.